The maximum atomic E-state index is 13.0. The number of carbonyl (C=O) groups is 1. The molecule has 0 saturated heterocycles. The molecular formula is C24H33FO3SSi. The lowest BCUT2D eigenvalue weighted by atomic mass is 9.96. The zero-order valence-electron chi connectivity index (χ0n) is 18.6. The summed E-state index contributed by atoms with van der Waals surface area (Å²) in [4.78, 5) is 11.7. The molecule has 0 aliphatic heterocycles. The molecule has 0 saturated carbocycles. The zero-order chi connectivity index (χ0) is 22.4. The van der Waals surface area contributed by atoms with Gasteiger partial charge in [0.05, 0.1) is 5.60 Å². The predicted molar refractivity (Wildman–Crippen MR) is 127 cm³/mol. The van der Waals surface area contributed by atoms with Crippen LogP contribution in [0.1, 0.15) is 51.3 Å². The van der Waals surface area contributed by atoms with Gasteiger partial charge < -0.3 is 9.53 Å². The van der Waals surface area contributed by atoms with Crippen molar-refractivity contribution >= 4 is 27.5 Å². The van der Waals surface area contributed by atoms with Crippen molar-refractivity contribution in [2.24, 2.45) is 0 Å². The van der Waals surface area contributed by atoms with E-state index in [1.165, 1.54) is 23.9 Å². The summed E-state index contributed by atoms with van der Waals surface area (Å²) in [6, 6.07) is 14.5. The number of benzene rings is 2. The number of carboxylic acid groups (broad SMARTS) is 1. The second kappa shape index (κ2) is 10.6. The van der Waals surface area contributed by atoms with Crippen molar-refractivity contribution in [1.82, 2.24) is 0 Å². The summed E-state index contributed by atoms with van der Waals surface area (Å²) in [5.41, 5.74) is 2.79. The summed E-state index contributed by atoms with van der Waals surface area (Å²) in [6.07, 6.45) is 1.19. The quantitative estimate of drug-likeness (QED) is 0.498. The van der Waals surface area contributed by atoms with Gasteiger partial charge in [-0.1, -0.05) is 57.2 Å². The van der Waals surface area contributed by atoms with Gasteiger partial charge in [-0.25, -0.2) is 4.39 Å². The Morgan fingerprint density at radius 2 is 1.60 bits per heavy atom. The average Bonchev–Trinajstić information content (AvgIpc) is 2.67. The van der Waals surface area contributed by atoms with Crippen LogP contribution in [-0.2, 0) is 27.7 Å². The molecule has 0 aliphatic carbocycles. The molecule has 1 atom stereocenters. The molecule has 1 N–H and O–H groups in total. The van der Waals surface area contributed by atoms with Crippen molar-refractivity contribution in [3.8, 4) is 0 Å². The normalized spacial score (nSPS) is 13.7. The molecule has 1 unspecified atom stereocenters. The SMILES string of the molecule is CC(C)(C)[SiH2]OC(C)(C)c1ccc(CC(SCCc2ccc(F)cc2)C(=O)O)cc1. The van der Waals surface area contributed by atoms with E-state index in [0.29, 0.717) is 12.2 Å². The number of hydrogen-bond acceptors (Lipinski definition) is 3. The fourth-order valence-corrected chi connectivity index (χ4v) is 4.98. The lowest BCUT2D eigenvalue weighted by molar-refractivity contribution is -0.136. The van der Waals surface area contributed by atoms with Crippen molar-refractivity contribution < 1.29 is 18.7 Å². The minimum Gasteiger partial charge on any atom is -0.480 e. The van der Waals surface area contributed by atoms with Crippen LogP contribution in [0.25, 0.3) is 0 Å². The van der Waals surface area contributed by atoms with Gasteiger partial charge in [-0.3, -0.25) is 4.79 Å². The van der Waals surface area contributed by atoms with Gasteiger partial charge in [0, 0.05) is 0 Å². The zero-order valence-corrected chi connectivity index (χ0v) is 20.8. The first-order valence-corrected chi connectivity index (χ1v) is 12.6. The molecule has 0 heterocycles. The Balaban J connectivity index is 1.93. The summed E-state index contributed by atoms with van der Waals surface area (Å²) in [5, 5.41) is 9.34. The maximum Gasteiger partial charge on any atom is 0.316 e. The standard InChI is InChI=1S/C24H33FO3SSi/c1-23(2,3)30-28-24(4,5)19-10-6-18(7-11-19)16-21(22(26)27)29-15-14-17-8-12-20(25)13-9-17/h6-13,21H,14-16,30H2,1-5H3,(H,26,27). The predicted octanol–water partition coefficient (Wildman–Crippen LogP) is 5.35. The van der Waals surface area contributed by atoms with Crippen LogP contribution in [0.15, 0.2) is 48.5 Å². The van der Waals surface area contributed by atoms with Crippen molar-refractivity contribution in [1.29, 1.82) is 0 Å². The highest BCUT2D eigenvalue weighted by Crippen LogP contribution is 2.30. The van der Waals surface area contributed by atoms with Crippen LogP contribution in [0.2, 0.25) is 5.04 Å². The third kappa shape index (κ3) is 8.24. The molecule has 0 bridgehead atoms. The van der Waals surface area contributed by atoms with E-state index in [2.05, 4.69) is 46.8 Å². The molecule has 6 heteroatoms. The molecule has 0 fully saturated rings. The van der Waals surface area contributed by atoms with E-state index in [9.17, 15) is 14.3 Å². The Morgan fingerprint density at radius 3 is 2.13 bits per heavy atom. The highest BCUT2D eigenvalue weighted by atomic mass is 32.2. The first kappa shape index (κ1) is 24.6. The van der Waals surface area contributed by atoms with Gasteiger partial charge in [-0.2, -0.15) is 0 Å². The first-order chi connectivity index (χ1) is 14.0. The van der Waals surface area contributed by atoms with Crippen LogP contribution in [0, 0.1) is 5.82 Å². The van der Waals surface area contributed by atoms with E-state index in [-0.39, 0.29) is 16.5 Å². The van der Waals surface area contributed by atoms with E-state index >= 15 is 0 Å². The van der Waals surface area contributed by atoms with Crippen molar-refractivity contribution in [3.63, 3.8) is 0 Å². The Morgan fingerprint density at radius 1 is 1.03 bits per heavy atom. The Labute approximate surface area is 186 Å². The van der Waals surface area contributed by atoms with E-state index < -0.39 is 21.0 Å². The molecule has 164 valence electrons. The second-order valence-corrected chi connectivity index (χ2v) is 13.3. The first-order valence-electron chi connectivity index (χ1n) is 10.3. The number of aliphatic carboxylic acids is 1. The molecule has 30 heavy (non-hydrogen) atoms. The number of hydrogen-bond donors (Lipinski definition) is 1. The van der Waals surface area contributed by atoms with Gasteiger partial charge in [-0.15, -0.1) is 11.8 Å². The van der Waals surface area contributed by atoms with Gasteiger partial charge in [0.25, 0.3) is 0 Å². The number of thioether (sulfide) groups is 1. The molecule has 0 spiro atoms. The minimum atomic E-state index is -0.803. The van der Waals surface area contributed by atoms with Crippen LogP contribution in [0.3, 0.4) is 0 Å². The van der Waals surface area contributed by atoms with E-state index in [0.717, 1.165) is 23.1 Å². The van der Waals surface area contributed by atoms with E-state index in [1.54, 1.807) is 12.1 Å². The minimum absolute atomic E-state index is 0.233. The number of carboxylic acids is 1. The number of rotatable bonds is 10. The van der Waals surface area contributed by atoms with Gasteiger partial charge in [0.15, 0.2) is 9.76 Å². The summed E-state index contributed by atoms with van der Waals surface area (Å²) >= 11 is 1.43. The molecule has 0 radical (unpaired) electrons. The summed E-state index contributed by atoms with van der Waals surface area (Å²) < 4.78 is 19.3. The summed E-state index contributed by atoms with van der Waals surface area (Å²) in [6.45, 7) is 10.8. The van der Waals surface area contributed by atoms with Crippen LogP contribution < -0.4 is 0 Å². The third-order valence-corrected chi connectivity index (χ3v) is 7.78. The lowest BCUT2D eigenvalue weighted by Gasteiger charge is -2.30. The maximum absolute atomic E-state index is 13.0. The number of halogens is 1. The van der Waals surface area contributed by atoms with Gasteiger partial charge >= 0.3 is 5.97 Å². The molecule has 2 aromatic rings. The highest BCUT2D eigenvalue weighted by molar-refractivity contribution is 8.00. The van der Waals surface area contributed by atoms with Crippen LogP contribution in [-0.4, -0.2) is 31.8 Å². The van der Waals surface area contributed by atoms with Gasteiger partial charge in [0.1, 0.15) is 11.1 Å². The van der Waals surface area contributed by atoms with Crippen molar-refractivity contribution in [3.05, 3.63) is 71.0 Å². The summed E-state index contributed by atoms with van der Waals surface area (Å²) in [7, 11) is -0.673. The molecule has 0 aliphatic rings. The molecule has 2 aromatic carbocycles. The third-order valence-electron chi connectivity index (χ3n) is 4.83. The lowest BCUT2D eigenvalue weighted by Crippen LogP contribution is -2.27. The van der Waals surface area contributed by atoms with Crippen molar-refractivity contribution in [2.45, 2.75) is 63.3 Å². The van der Waals surface area contributed by atoms with E-state index in [1.807, 2.05) is 12.1 Å². The highest BCUT2D eigenvalue weighted by Gasteiger charge is 2.25. The fraction of sp³-hybridized carbons (Fsp3) is 0.458. The smallest absolute Gasteiger partial charge is 0.316 e. The summed E-state index contributed by atoms with van der Waals surface area (Å²) in [5.74, 6) is -0.380. The largest absolute Gasteiger partial charge is 0.480 e. The Kier molecular flexibility index (Phi) is 8.70. The second-order valence-electron chi connectivity index (χ2n) is 9.33. The molecule has 2 rings (SSSR count). The Hall–Kier alpha value is -1.63. The molecule has 0 amide bonds. The molecular weight excluding hydrogens is 415 g/mol. The molecule has 0 aromatic heterocycles. The monoisotopic (exact) mass is 448 g/mol. The Bertz CT molecular complexity index is 814. The van der Waals surface area contributed by atoms with Crippen LogP contribution in [0.4, 0.5) is 4.39 Å². The van der Waals surface area contributed by atoms with E-state index in [4.69, 9.17) is 4.43 Å². The fourth-order valence-electron chi connectivity index (χ4n) is 2.92. The van der Waals surface area contributed by atoms with Crippen LogP contribution >= 0.6 is 11.8 Å². The number of aryl methyl sites for hydroxylation is 1. The molecule has 3 nitrogen and oxygen atoms in total. The van der Waals surface area contributed by atoms with Gasteiger partial charge in [-0.05, 0) is 66.3 Å². The van der Waals surface area contributed by atoms with Crippen molar-refractivity contribution in [2.75, 3.05) is 5.75 Å². The van der Waals surface area contributed by atoms with Gasteiger partial charge in [0.2, 0.25) is 0 Å². The average molecular weight is 449 g/mol. The van der Waals surface area contributed by atoms with Crippen LogP contribution in [0.5, 0.6) is 0 Å². The topological polar surface area (TPSA) is 46.5 Å².